The van der Waals surface area contributed by atoms with Gasteiger partial charge in [-0.1, -0.05) is 218 Å². The van der Waals surface area contributed by atoms with Gasteiger partial charge in [0.15, 0.2) is 24.6 Å². The summed E-state index contributed by atoms with van der Waals surface area (Å²) in [6, 6.07) is 0. The van der Waals surface area contributed by atoms with E-state index in [1.54, 1.807) is 0 Å². The zero-order valence-electron chi connectivity index (χ0n) is 46.6. The first-order valence-electron chi connectivity index (χ1n) is 30.0. The van der Waals surface area contributed by atoms with Crippen molar-refractivity contribution in [3.8, 4) is 0 Å². The van der Waals surface area contributed by atoms with E-state index in [1.807, 2.05) is 0 Å². The van der Waals surface area contributed by atoms with E-state index in [9.17, 15) is 34.5 Å². The number of carboxylic acids is 1. The van der Waals surface area contributed by atoms with Gasteiger partial charge in [-0.3, -0.25) is 14.4 Å². The van der Waals surface area contributed by atoms with Crippen molar-refractivity contribution in [2.75, 3.05) is 13.2 Å². The number of carboxylic acid groups (broad SMARTS) is 1. The number of ether oxygens (including phenoxy) is 5. The van der Waals surface area contributed by atoms with Gasteiger partial charge < -0.3 is 39.0 Å². The summed E-state index contributed by atoms with van der Waals surface area (Å²) in [4.78, 5) is 51.0. The molecule has 0 amide bonds. The van der Waals surface area contributed by atoms with Crippen molar-refractivity contribution in [2.24, 2.45) is 0 Å². The smallest absolute Gasteiger partial charge is 0.335 e. The van der Waals surface area contributed by atoms with Crippen molar-refractivity contribution in [3.63, 3.8) is 0 Å². The Morgan fingerprint density at radius 2 is 0.822 bits per heavy atom. The molecule has 0 radical (unpaired) electrons. The van der Waals surface area contributed by atoms with Gasteiger partial charge in [0.05, 0.1) is 6.61 Å². The van der Waals surface area contributed by atoms with Crippen LogP contribution in [-0.2, 0) is 42.9 Å². The second-order valence-corrected chi connectivity index (χ2v) is 20.6. The monoisotopic (exact) mass is 1030 g/mol. The number of rotatable bonds is 51. The van der Waals surface area contributed by atoms with Crippen molar-refractivity contribution in [3.05, 3.63) is 36.5 Å². The molecule has 12 nitrogen and oxygen atoms in total. The normalized spacial score (nSPS) is 18.5. The van der Waals surface area contributed by atoms with Crippen LogP contribution in [0.25, 0.3) is 0 Å². The molecule has 424 valence electrons. The fourth-order valence-corrected chi connectivity index (χ4v) is 9.04. The lowest BCUT2D eigenvalue weighted by atomic mass is 9.98. The van der Waals surface area contributed by atoms with Gasteiger partial charge in [0.25, 0.3) is 0 Å². The molecule has 0 aromatic rings. The summed E-state index contributed by atoms with van der Waals surface area (Å²) in [5.74, 6) is -3.12. The fourth-order valence-electron chi connectivity index (χ4n) is 9.04. The molecule has 1 fully saturated rings. The Labute approximate surface area is 444 Å². The molecule has 73 heavy (non-hydrogen) atoms. The molecule has 6 unspecified atom stereocenters. The van der Waals surface area contributed by atoms with Crippen LogP contribution in [0, 0.1) is 0 Å². The highest BCUT2D eigenvalue weighted by molar-refractivity contribution is 5.74. The average Bonchev–Trinajstić information content (AvgIpc) is 3.37. The van der Waals surface area contributed by atoms with Crippen LogP contribution < -0.4 is 0 Å². The number of aliphatic carboxylic acids is 1. The molecule has 1 rings (SSSR count). The number of carbonyl (C=O) groups excluding carboxylic acids is 3. The molecular weight excluding hydrogens is 925 g/mol. The molecule has 1 heterocycles. The number of esters is 3. The summed E-state index contributed by atoms with van der Waals surface area (Å²) in [5.41, 5.74) is 0. The zero-order valence-corrected chi connectivity index (χ0v) is 46.6. The van der Waals surface area contributed by atoms with Gasteiger partial charge in [0.2, 0.25) is 0 Å². The molecule has 3 N–H and O–H groups in total. The highest BCUT2D eigenvalue weighted by Gasteiger charge is 2.50. The van der Waals surface area contributed by atoms with E-state index in [0.29, 0.717) is 19.3 Å². The second kappa shape index (κ2) is 49.8. The molecule has 0 aliphatic carbocycles. The van der Waals surface area contributed by atoms with E-state index in [0.717, 1.165) is 83.5 Å². The van der Waals surface area contributed by atoms with Crippen LogP contribution in [0.5, 0.6) is 0 Å². The first-order chi connectivity index (χ1) is 35.6. The number of unbranched alkanes of at least 4 members (excludes halogenated alkanes) is 31. The van der Waals surface area contributed by atoms with Gasteiger partial charge >= 0.3 is 23.9 Å². The molecule has 6 atom stereocenters. The lowest BCUT2D eigenvalue weighted by molar-refractivity contribution is -0.301. The van der Waals surface area contributed by atoms with E-state index in [4.69, 9.17) is 23.7 Å². The maximum Gasteiger partial charge on any atom is 0.335 e. The minimum absolute atomic E-state index is 0.0472. The lowest BCUT2D eigenvalue weighted by Gasteiger charge is -2.40. The van der Waals surface area contributed by atoms with Crippen LogP contribution in [0.3, 0.4) is 0 Å². The van der Waals surface area contributed by atoms with E-state index < -0.39 is 67.3 Å². The summed E-state index contributed by atoms with van der Waals surface area (Å²) in [5, 5.41) is 31.4. The minimum Gasteiger partial charge on any atom is -0.479 e. The third-order valence-corrected chi connectivity index (χ3v) is 13.7. The van der Waals surface area contributed by atoms with E-state index in [2.05, 4.69) is 57.2 Å². The second-order valence-electron chi connectivity index (χ2n) is 20.6. The van der Waals surface area contributed by atoms with Gasteiger partial charge in [-0.05, 0) is 77.0 Å². The maximum absolute atomic E-state index is 13.1. The minimum atomic E-state index is -1.90. The Balaban J connectivity index is 2.62. The Kier molecular flexibility index (Phi) is 46.4. The van der Waals surface area contributed by atoms with Crippen LogP contribution in [-0.4, -0.2) is 89.2 Å². The standard InChI is InChI=1S/C61H108O12/c1-4-7-10-13-16-19-21-23-25-26-27-28-30-31-33-36-38-41-44-47-53(62)69-50-52(71-54(63)48-45-42-39-35-18-15-12-9-6-3)51-70-61-59(57(66)56(65)58(73-61)60(67)68)72-55(64)49-46-43-40-37-34-32-29-24-22-20-17-14-11-8-5-2/h17,20,23-25,29,52,56-59,61,65-66H,4-16,18-19,21-22,26-28,30-51H2,1-3H3,(H,67,68)/b20-17-,25-23-,29-24-. The quantitative estimate of drug-likeness (QED) is 0.0228. The summed E-state index contributed by atoms with van der Waals surface area (Å²) in [7, 11) is 0. The maximum atomic E-state index is 13.1. The highest BCUT2D eigenvalue weighted by Crippen LogP contribution is 2.26. The Hall–Kier alpha value is -3.06. The van der Waals surface area contributed by atoms with E-state index in [-0.39, 0.29) is 25.9 Å². The van der Waals surface area contributed by atoms with Crippen LogP contribution >= 0.6 is 0 Å². The number of carbonyl (C=O) groups is 4. The van der Waals surface area contributed by atoms with Gasteiger partial charge in [-0.15, -0.1) is 0 Å². The van der Waals surface area contributed by atoms with E-state index in [1.165, 1.54) is 135 Å². The predicted octanol–water partition coefficient (Wildman–Crippen LogP) is 15.2. The first-order valence-corrected chi connectivity index (χ1v) is 30.0. The van der Waals surface area contributed by atoms with Gasteiger partial charge in [0.1, 0.15) is 18.8 Å². The number of aliphatic hydroxyl groups is 2. The average molecular weight is 1030 g/mol. The SMILES string of the molecule is CCCCC/C=C\C/C=C\CCCCCCCC(=O)OC1C(OCC(COC(=O)CCCCCCCCCCC/C=C\CCCCCCCC)OC(=O)CCCCCCCCCCC)OC(C(=O)O)C(O)C1O. The summed E-state index contributed by atoms with van der Waals surface area (Å²) in [6.45, 7) is 5.95. The molecule has 0 aromatic heterocycles. The molecule has 1 aliphatic heterocycles. The fraction of sp³-hybridized carbons (Fsp3) is 0.836. The van der Waals surface area contributed by atoms with Gasteiger partial charge in [-0.25, -0.2) is 4.79 Å². The van der Waals surface area contributed by atoms with Crippen molar-refractivity contribution in [1.29, 1.82) is 0 Å². The lowest BCUT2D eigenvalue weighted by Crippen LogP contribution is -2.61. The topological polar surface area (TPSA) is 175 Å². The molecule has 0 saturated carbocycles. The van der Waals surface area contributed by atoms with Crippen LogP contribution in [0.4, 0.5) is 0 Å². The van der Waals surface area contributed by atoms with Crippen molar-refractivity contribution >= 4 is 23.9 Å². The predicted molar refractivity (Wildman–Crippen MR) is 294 cm³/mol. The Bertz CT molecular complexity index is 1410. The van der Waals surface area contributed by atoms with Crippen LogP contribution in [0.15, 0.2) is 36.5 Å². The number of hydrogen-bond acceptors (Lipinski definition) is 11. The molecule has 0 aromatic carbocycles. The largest absolute Gasteiger partial charge is 0.479 e. The summed E-state index contributed by atoms with van der Waals surface area (Å²) >= 11 is 0. The molecule has 0 bridgehead atoms. The number of aliphatic hydroxyl groups excluding tert-OH is 2. The zero-order chi connectivity index (χ0) is 53.3. The first kappa shape index (κ1) is 68.0. The third-order valence-electron chi connectivity index (χ3n) is 13.7. The summed E-state index contributed by atoms with van der Waals surface area (Å²) < 4.78 is 28.4. The molecule has 1 saturated heterocycles. The van der Waals surface area contributed by atoms with Crippen molar-refractivity contribution in [1.82, 2.24) is 0 Å². The van der Waals surface area contributed by atoms with Crippen LogP contribution in [0.1, 0.15) is 278 Å². The van der Waals surface area contributed by atoms with Gasteiger partial charge in [-0.2, -0.15) is 0 Å². The Morgan fingerprint density at radius 3 is 1.27 bits per heavy atom. The van der Waals surface area contributed by atoms with E-state index >= 15 is 0 Å². The molecular formula is C61H108O12. The van der Waals surface area contributed by atoms with Crippen LogP contribution in [0.2, 0.25) is 0 Å². The highest BCUT2D eigenvalue weighted by atomic mass is 16.7. The molecule has 12 heteroatoms. The Morgan fingerprint density at radius 1 is 0.452 bits per heavy atom. The number of allylic oxidation sites excluding steroid dienone is 6. The molecule has 0 spiro atoms. The van der Waals surface area contributed by atoms with Crippen molar-refractivity contribution < 1.29 is 58.2 Å². The number of hydrogen-bond donors (Lipinski definition) is 3. The van der Waals surface area contributed by atoms with Gasteiger partial charge in [0, 0.05) is 19.3 Å². The summed E-state index contributed by atoms with van der Waals surface area (Å²) in [6.07, 6.45) is 45.5. The van der Waals surface area contributed by atoms with Crippen molar-refractivity contribution in [2.45, 2.75) is 314 Å². The molecule has 1 aliphatic rings. The third kappa shape index (κ3) is 39.9.